The first kappa shape index (κ1) is 13.4. The zero-order chi connectivity index (χ0) is 14.0. The van der Waals surface area contributed by atoms with Crippen molar-refractivity contribution < 1.29 is 14.3 Å². The summed E-state index contributed by atoms with van der Waals surface area (Å²) in [5.74, 6) is -0.618. The molecule has 5 nitrogen and oxygen atoms in total. The van der Waals surface area contributed by atoms with Gasteiger partial charge in [-0.2, -0.15) is 4.98 Å². The number of aryl methyl sites for hydroxylation is 1. The van der Waals surface area contributed by atoms with E-state index in [0.29, 0.717) is 12.0 Å². The van der Waals surface area contributed by atoms with Crippen LogP contribution in [0.5, 0.6) is 0 Å². The molecule has 1 heterocycles. The Morgan fingerprint density at radius 2 is 2.21 bits per heavy atom. The number of carbonyl (C=O) groups is 1. The minimum absolute atomic E-state index is 0.258. The molecule has 2 rings (SSSR count). The Balaban J connectivity index is 2.21. The van der Waals surface area contributed by atoms with Gasteiger partial charge in [0, 0.05) is 0 Å². The number of hydrogen-bond donors (Lipinski definition) is 2. The minimum Gasteiger partial charge on any atom is -0.480 e. The predicted molar refractivity (Wildman–Crippen MR) is 73.2 cm³/mol. The zero-order valence-corrected chi connectivity index (χ0v) is 11.3. The molecule has 0 radical (unpaired) electrons. The number of aliphatic carboxylic acids is 1. The van der Waals surface area contributed by atoms with Gasteiger partial charge in [0.1, 0.15) is 11.6 Å². The number of nitrogens with zero attached hydrogens (tertiary/aromatic N) is 1. The fourth-order valence-electron chi connectivity index (χ4n) is 1.94. The molecule has 0 aliphatic heterocycles. The summed E-state index contributed by atoms with van der Waals surface area (Å²) in [7, 11) is 0. The number of anilines is 1. The summed E-state index contributed by atoms with van der Waals surface area (Å²) in [5.41, 5.74) is 2.47. The highest BCUT2D eigenvalue weighted by atomic mass is 16.4. The monoisotopic (exact) mass is 262 g/mol. The number of rotatable bonds is 5. The van der Waals surface area contributed by atoms with E-state index in [0.717, 1.165) is 11.1 Å². The first-order valence-corrected chi connectivity index (χ1v) is 6.32. The highest BCUT2D eigenvalue weighted by molar-refractivity contribution is 5.78. The number of nitrogens with one attached hydrogen (secondary N) is 1. The maximum atomic E-state index is 11.2. The van der Waals surface area contributed by atoms with Gasteiger partial charge in [-0.05, 0) is 37.0 Å². The number of hydrogen-bond acceptors (Lipinski definition) is 4. The third kappa shape index (κ3) is 3.24. The van der Waals surface area contributed by atoms with Crippen molar-refractivity contribution in [3.05, 3.63) is 23.8 Å². The molecule has 0 bridgehead atoms. The maximum Gasteiger partial charge on any atom is 0.326 e. The second kappa shape index (κ2) is 5.30. The van der Waals surface area contributed by atoms with Crippen molar-refractivity contribution >= 4 is 23.1 Å². The predicted octanol–water partition coefficient (Wildman–Crippen LogP) is 3.05. The highest BCUT2D eigenvalue weighted by Gasteiger charge is 2.20. The first-order chi connectivity index (χ1) is 8.95. The van der Waals surface area contributed by atoms with Gasteiger partial charge in [0.15, 0.2) is 5.58 Å². The molecule has 19 heavy (non-hydrogen) atoms. The van der Waals surface area contributed by atoms with Gasteiger partial charge in [0.25, 0.3) is 6.01 Å². The molecule has 102 valence electrons. The number of benzene rings is 1. The van der Waals surface area contributed by atoms with Crippen LogP contribution in [0.4, 0.5) is 6.01 Å². The van der Waals surface area contributed by atoms with E-state index in [1.165, 1.54) is 0 Å². The number of carboxylic acid groups (broad SMARTS) is 1. The van der Waals surface area contributed by atoms with E-state index in [9.17, 15) is 9.90 Å². The zero-order valence-electron chi connectivity index (χ0n) is 11.3. The fraction of sp³-hybridized carbons (Fsp3) is 0.429. The molecular formula is C14H18N2O3. The summed E-state index contributed by atoms with van der Waals surface area (Å²) in [5, 5.41) is 12.0. The van der Waals surface area contributed by atoms with Crippen molar-refractivity contribution in [2.24, 2.45) is 5.92 Å². The van der Waals surface area contributed by atoms with Crippen molar-refractivity contribution in [2.45, 2.75) is 33.2 Å². The van der Waals surface area contributed by atoms with Gasteiger partial charge < -0.3 is 14.8 Å². The van der Waals surface area contributed by atoms with Crippen LogP contribution in [0.25, 0.3) is 11.1 Å². The summed E-state index contributed by atoms with van der Waals surface area (Å²) in [6.45, 7) is 5.93. The van der Waals surface area contributed by atoms with E-state index in [2.05, 4.69) is 10.3 Å². The van der Waals surface area contributed by atoms with Crippen LogP contribution in [-0.4, -0.2) is 22.1 Å². The lowest BCUT2D eigenvalue weighted by molar-refractivity contribution is -0.138. The highest BCUT2D eigenvalue weighted by Crippen LogP contribution is 2.21. The Hall–Kier alpha value is -2.04. The molecule has 2 N–H and O–H groups in total. The second-order valence-corrected chi connectivity index (χ2v) is 5.15. The van der Waals surface area contributed by atoms with Gasteiger partial charge in [-0.15, -0.1) is 0 Å². The first-order valence-electron chi connectivity index (χ1n) is 6.32. The van der Waals surface area contributed by atoms with Crippen molar-refractivity contribution in [2.75, 3.05) is 5.32 Å². The minimum atomic E-state index is -0.896. The molecule has 1 aromatic carbocycles. The maximum absolute atomic E-state index is 11.2. The van der Waals surface area contributed by atoms with Crippen molar-refractivity contribution in [1.82, 2.24) is 4.98 Å². The van der Waals surface area contributed by atoms with E-state index in [1.54, 1.807) is 0 Å². The molecule has 0 fully saturated rings. The van der Waals surface area contributed by atoms with Crippen LogP contribution in [0, 0.1) is 12.8 Å². The Morgan fingerprint density at radius 1 is 1.47 bits per heavy atom. The van der Waals surface area contributed by atoms with Crippen LogP contribution >= 0.6 is 0 Å². The second-order valence-electron chi connectivity index (χ2n) is 5.15. The van der Waals surface area contributed by atoms with Crippen molar-refractivity contribution in [3.8, 4) is 0 Å². The van der Waals surface area contributed by atoms with Crippen LogP contribution in [0.1, 0.15) is 25.8 Å². The topological polar surface area (TPSA) is 75.4 Å². The lowest BCUT2D eigenvalue weighted by Crippen LogP contribution is -2.30. The van der Waals surface area contributed by atoms with Crippen LogP contribution < -0.4 is 5.32 Å². The van der Waals surface area contributed by atoms with Crippen molar-refractivity contribution in [3.63, 3.8) is 0 Å². The molecule has 1 aromatic heterocycles. The van der Waals surface area contributed by atoms with Crippen LogP contribution in [0.15, 0.2) is 22.6 Å². The quantitative estimate of drug-likeness (QED) is 0.866. The smallest absolute Gasteiger partial charge is 0.326 e. The van der Waals surface area contributed by atoms with E-state index >= 15 is 0 Å². The molecule has 0 amide bonds. The Labute approximate surface area is 111 Å². The lowest BCUT2D eigenvalue weighted by atomic mass is 10.0. The average Bonchev–Trinajstić information content (AvgIpc) is 2.68. The SMILES string of the molecule is Cc1ccc2oc(N[C@@H](CC(C)C)C(=O)O)nc2c1. The van der Waals surface area contributed by atoms with E-state index in [4.69, 9.17) is 4.42 Å². The van der Waals surface area contributed by atoms with Gasteiger partial charge in [-0.3, -0.25) is 0 Å². The van der Waals surface area contributed by atoms with Gasteiger partial charge in [-0.25, -0.2) is 4.79 Å². The van der Waals surface area contributed by atoms with Crippen LogP contribution in [0.2, 0.25) is 0 Å². The van der Waals surface area contributed by atoms with E-state index in [-0.39, 0.29) is 11.9 Å². The third-order valence-electron chi connectivity index (χ3n) is 2.85. The molecule has 0 unspecified atom stereocenters. The molecule has 5 heteroatoms. The fourth-order valence-corrected chi connectivity index (χ4v) is 1.94. The lowest BCUT2D eigenvalue weighted by Gasteiger charge is -2.14. The summed E-state index contributed by atoms with van der Waals surface area (Å²) in [4.78, 5) is 15.4. The number of carboxylic acids is 1. The van der Waals surface area contributed by atoms with Gasteiger partial charge in [-0.1, -0.05) is 19.9 Å². The standard InChI is InChI=1S/C14H18N2O3/c1-8(2)6-11(13(17)18)16-14-15-10-7-9(3)4-5-12(10)19-14/h4-5,7-8,11H,6H2,1-3H3,(H,15,16)(H,17,18)/t11-/m0/s1. The van der Waals surface area contributed by atoms with Crippen molar-refractivity contribution in [1.29, 1.82) is 0 Å². The number of fused-ring (bicyclic) bond motifs is 1. The molecule has 0 saturated carbocycles. The summed E-state index contributed by atoms with van der Waals surface area (Å²) >= 11 is 0. The van der Waals surface area contributed by atoms with Gasteiger partial charge in [0.2, 0.25) is 0 Å². The number of oxazole rings is 1. The average molecular weight is 262 g/mol. The Morgan fingerprint density at radius 3 is 2.84 bits per heavy atom. The summed E-state index contributed by atoms with van der Waals surface area (Å²) < 4.78 is 5.50. The molecular weight excluding hydrogens is 244 g/mol. The number of aromatic nitrogens is 1. The molecule has 2 aromatic rings. The third-order valence-corrected chi connectivity index (χ3v) is 2.85. The van der Waals surface area contributed by atoms with E-state index < -0.39 is 12.0 Å². The van der Waals surface area contributed by atoms with Crippen LogP contribution in [-0.2, 0) is 4.79 Å². The molecule has 0 spiro atoms. The van der Waals surface area contributed by atoms with Gasteiger partial charge >= 0.3 is 5.97 Å². The summed E-state index contributed by atoms with van der Waals surface area (Å²) in [6.07, 6.45) is 0.521. The molecule has 0 saturated heterocycles. The van der Waals surface area contributed by atoms with Gasteiger partial charge in [0.05, 0.1) is 0 Å². The van der Waals surface area contributed by atoms with Crippen LogP contribution in [0.3, 0.4) is 0 Å². The van der Waals surface area contributed by atoms with E-state index in [1.807, 2.05) is 39.0 Å². The molecule has 1 atom stereocenters. The Kier molecular flexibility index (Phi) is 3.74. The Bertz CT molecular complexity index is 589. The molecule has 0 aliphatic rings. The summed E-state index contributed by atoms with van der Waals surface area (Å²) in [6, 6.07) is 5.24. The normalized spacial score (nSPS) is 12.8. The molecule has 0 aliphatic carbocycles. The largest absolute Gasteiger partial charge is 0.480 e.